The van der Waals surface area contributed by atoms with E-state index in [2.05, 4.69) is 0 Å². The summed E-state index contributed by atoms with van der Waals surface area (Å²) in [6.45, 7) is 1.08. The van der Waals surface area contributed by atoms with E-state index in [9.17, 15) is 0 Å². The van der Waals surface area contributed by atoms with Crippen LogP contribution in [0, 0.1) is 0 Å². The number of rotatable bonds is 0. The quantitative estimate of drug-likeness (QED) is 0.471. The van der Waals surface area contributed by atoms with Crippen molar-refractivity contribution < 1.29 is 15.4 Å². The van der Waals surface area contributed by atoms with Gasteiger partial charge in [-0.15, -0.1) is 0 Å². The fraction of sp³-hybridized carbons (Fsp3) is 0.500. The molecule has 0 atom stereocenters. The molecule has 0 rings (SSSR count). The number of aliphatic carboxylic acids is 1. The van der Waals surface area contributed by atoms with Gasteiger partial charge in [-0.05, 0) is 0 Å². The van der Waals surface area contributed by atoms with E-state index in [1.807, 2.05) is 0 Å². The third kappa shape index (κ3) is 93.2. The average molecular weight is 225 g/mol. The van der Waals surface area contributed by atoms with Gasteiger partial charge in [-0.2, -0.15) is 0 Å². The molecule has 0 aliphatic carbocycles. The van der Waals surface area contributed by atoms with Gasteiger partial charge in [0.25, 0.3) is 5.97 Å². The molecular formula is C2H9BaLiO3. The van der Waals surface area contributed by atoms with E-state index in [0.717, 1.165) is 6.92 Å². The summed E-state index contributed by atoms with van der Waals surface area (Å²) in [7, 11) is 0. The topological polar surface area (TPSA) is 68.8 Å². The van der Waals surface area contributed by atoms with Crippen molar-refractivity contribution in [3.05, 3.63) is 0 Å². The molecule has 0 aromatic heterocycles. The average Bonchev–Trinajstić information content (AvgIpc) is 0.811. The molecule has 0 amide bonds. The summed E-state index contributed by atoms with van der Waals surface area (Å²) in [6.07, 6.45) is 0. The van der Waals surface area contributed by atoms with Gasteiger partial charge in [-0.25, -0.2) is 0 Å². The van der Waals surface area contributed by atoms with Gasteiger partial charge in [0, 0.05) is 6.92 Å². The van der Waals surface area contributed by atoms with Crippen LogP contribution in [-0.4, -0.2) is 84.3 Å². The number of hydrogen-bond donors (Lipinski definition) is 1. The van der Waals surface area contributed by atoms with Crippen LogP contribution in [-0.2, 0) is 4.79 Å². The second-order valence-corrected chi connectivity index (χ2v) is 0.519. The van der Waals surface area contributed by atoms with Crippen LogP contribution in [0.4, 0.5) is 0 Å². The van der Waals surface area contributed by atoms with E-state index in [1.54, 1.807) is 0 Å². The standard InChI is InChI=1S/C2H4O2.Ba.Li.H2O.3H/c1-2(3)4;;;;;;/h1H3,(H,3,4);;;1H2;;;. The van der Waals surface area contributed by atoms with Gasteiger partial charge < -0.3 is 10.6 Å². The molecule has 0 unspecified atom stereocenters. The van der Waals surface area contributed by atoms with E-state index in [0.29, 0.717) is 0 Å². The van der Waals surface area contributed by atoms with Crippen molar-refractivity contribution in [3.63, 3.8) is 0 Å². The van der Waals surface area contributed by atoms with Crippen molar-refractivity contribution in [2.24, 2.45) is 0 Å². The Labute approximate surface area is 94.4 Å². The molecule has 0 aromatic rings. The molecule has 7 heavy (non-hydrogen) atoms. The summed E-state index contributed by atoms with van der Waals surface area (Å²) in [5.74, 6) is -0.833. The minimum atomic E-state index is -0.833. The molecule has 0 bridgehead atoms. The maximum absolute atomic E-state index is 9.00. The van der Waals surface area contributed by atoms with Crippen molar-refractivity contribution in [1.82, 2.24) is 0 Å². The van der Waals surface area contributed by atoms with Crippen molar-refractivity contribution in [2.75, 3.05) is 0 Å². The molecule has 0 heterocycles. The fourth-order valence-electron chi connectivity index (χ4n) is 0. The van der Waals surface area contributed by atoms with Crippen LogP contribution in [0.3, 0.4) is 0 Å². The third-order valence-corrected chi connectivity index (χ3v) is 0. The van der Waals surface area contributed by atoms with Gasteiger partial charge in [0.1, 0.15) is 0 Å². The SMILES string of the molecule is CC(=O)O.O.[BaH2].[LiH]. The molecule has 5 heteroatoms. The Bertz CT molecular complexity index is 35.9. The molecule has 3 N–H and O–H groups in total. The summed E-state index contributed by atoms with van der Waals surface area (Å²) < 4.78 is 0. The predicted octanol–water partition coefficient (Wildman–Crippen LogP) is -2.30. The zero-order chi connectivity index (χ0) is 3.58. The molecule has 0 spiro atoms. The molecule has 0 aliphatic rings. The van der Waals surface area contributed by atoms with Gasteiger partial charge in [0.2, 0.25) is 0 Å². The molecule has 0 fully saturated rings. The van der Waals surface area contributed by atoms with E-state index >= 15 is 0 Å². The van der Waals surface area contributed by atoms with Gasteiger partial charge in [0.15, 0.2) is 0 Å². The maximum atomic E-state index is 9.00. The molecule has 0 aliphatic heterocycles. The summed E-state index contributed by atoms with van der Waals surface area (Å²) >= 11 is 0. The molecule has 38 valence electrons. The first-order valence-electron chi connectivity index (χ1n) is 0.928. The third-order valence-electron chi connectivity index (χ3n) is 0. The Balaban J connectivity index is -0.0000000150. The molecule has 0 aromatic carbocycles. The van der Waals surface area contributed by atoms with Crippen LogP contribution in [0.1, 0.15) is 6.92 Å². The normalized spacial score (nSPS) is 3.57. The molecule has 0 saturated heterocycles. The van der Waals surface area contributed by atoms with Crippen LogP contribution in [0.25, 0.3) is 0 Å². The number of carbonyl (C=O) groups is 1. The van der Waals surface area contributed by atoms with Crippen LogP contribution in [0.15, 0.2) is 0 Å². The van der Waals surface area contributed by atoms with Crippen molar-refractivity contribution >= 4 is 73.7 Å². The van der Waals surface area contributed by atoms with Crippen LogP contribution >= 0.6 is 0 Å². The first-order chi connectivity index (χ1) is 1.73. The second kappa shape index (κ2) is 15.6. The Morgan fingerprint density at radius 2 is 1.57 bits per heavy atom. The molecule has 0 radical (unpaired) electrons. The minimum absolute atomic E-state index is 0. The summed E-state index contributed by atoms with van der Waals surface area (Å²) in [6, 6.07) is 0. The van der Waals surface area contributed by atoms with Crippen molar-refractivity contribution in [1.29, 1.82) is 0 Å². The Kier molecular flexibility index (Phi) is 52.5. The first-order valence-corrected chi connectivity index (χ1v) is 0.928. The van der Waals surface area contributed by atoms with Crippen molar-refractivity contribution in [2.45, 2.75) is 6.92 Å². The zero-order valence-electron chi connectivity index (χ0n) is 2.86. The van der Waals surface area contributed by atoms with E-state index < -0.39 is 5.97 Å². The molecule has 3 nitrogen and oxygen atoms in total. The summed E-state index contributed by atoms with van der Waals surface area (Å²) in [5, 5.41) is 7.42. The summed E-state index contributed by atoms with van der Waals surface area (Å²) in [4.78, 5) is 9.00. The second-order valence-electron chi connectivity index (χ2n) is 0.519. The van der Waals surface area contributed by atoms with E-state index in [-0.39, 0.29) is 73.2 Å². The van der Waals surface area contributed by atoms with E-state index in [1.165, 1.54) is 0 Å². The van der Waals surface area contributed by atoms with Crippen LogP contribution < -0.4 is 0 Å². The van der Waals surface area contributed by atoms with Gasteiger partial charge >= 0.3 is 67.7 Å². The number of hydrogen-bond acceptors (Lipinski definition) is 1. The predicted molar refractivity (Wildman–Crippen MR) is 32.6 cm³/mol. The van der Waals surface area contributed by atoms with Crippen LogP contribution in [0.2, 0.25) is 0 Å². The number of carboxylic acids is 1. The number of carboxylic acid groups (broad SMARTS) is 1. The van der Waals surface area contributed by atoms with Crippen molar-refractivity contribution in [3.8, 4) is 0 Å². The van der Waals surface area contributed by atoms with E-state index in [4.69, 9.17) is 9.90 Å². The van der Waals surface area contributed by atoms with Gasteiger partial charge in [0.05, 0.1) is 0 Å². The fourth-order valence-corrected chi connectivity index (χ4v) is 0. The Morgan fingerprint density at radius 1 is 1.57 bits per heavy atom. The van der Waals surface area contributed by atoms with Gasteiger partial charge in [-0.1, -0.05) is 0 Å². The Hall–Kier alpha value is 1.60. The monoisotopic (exact) mass is 226 g/mol. The Morgan fingerprint density at radius 3 is 1.57 bits per heavy atom. The molecular weight excluding hydrogens is 216 g/mol. The van der Waals surface area contributed by atoms with Gasteiger partial charge in [-0.3, -0.25) is 4.79 Å². The summed E-state index contributed by atoms with van der Waals surface area (Å²) in [5.41, 5.74) is 0. The first kappa shape index (κ1) is 23.5. The zero-order valence-corrected chi connectivity index (χ0v) is 2.86. The van der Waals surface area contributed by atoms with Crippen LogP contribution in [0.5, 0.6) is 0 Å². The molecule has 0 saturated carbocycles.